The molecule has 3 heterocycles. The van der Waals surface area contributed by atoms with E-state index in [1.54, 1.807) is 42.0 Å². The molecule has 5 nitrogen and oxygen atoms in total. The number of carbonyl (C=O) groups is 1. The van der Waals surface area contributed by atoms with Crippen molar-refractivity contribution in [1.82, 2.24) is 14.6 Å². The molecule has 3 aromatic heterocycles. The fourth-order valence-corrected chi connectivity index (χ4v) is 3.36. The molecular weight excluding hydrogens is 345 g/mol. The number of hydrogen-bond donors (Lipinski definition) is 1. The Bertz CT molecular complexity index is 1070. The summed E-state index contributed by atoms with van der Waals surface area (Å²) < 4.78 is 15.3. The van der Waals surface area contributed by atoms with E-state index in [9.17, 15) is 9.18 Å². The highest BCUT2D eigenvalue weighted by Crippen LogP contribution is 2.26. The highest BCUT2D eigenvalue weighted by Gasteiger charge is 2.18. The van der Waals surface area contributed by atoms with Crippen molar-refractivity contribution in [3.8, 4) is 11.3 Å². The number of nitrogens with one attached hydrogen (secondary N) is 1. The zero-order valence-electron chi connectivity index (χ0n) is 13.2. The van der Waals surface area contributed by atoms with Crippen LogP contribution in [-0.2, 0) is 0 Å². The van der Waals surface area contributed by atoms with E-state index >= 15 is 0 Å². The number of thiophene rings is 1. The molecule has 0 aliphatic carbocycles. The molecule has 4 rings (SSSR count). The van der Waals surface area contributed by atoms with Gasteiger partial charge in [-0.3, -0.25) is 4.79 Å². The average Bonchev–Trinajstić information content (AvgIpc) is 3.31. The number of ketones is 1. The number of halogens is 1. The average molecular weight is 358 g/mol. The van der Waals surface area contributed by atoms with Crippen LogP contribution in [0.1, 0.15) is 15.2 Å². The van der Waals surface area contributed by atoms with Crippen LogP contribution in [0.4, 0.5) is 10.1 Å². The monoisotopic (exact) mass is 358 g/mol. The van der Waals surface area contributed by atoms with Gasteiger partial charge < -0.3 is 5.32 Å². The van der Waals surface area contributed by atoms with Crippen molar-refractivity contribution in [1.29, 1.82) is 0 Å². The van der Waals surface area contributed by atoms with E-state index in [0.29, 0.717) is 21.8 Å². The maximum absolute atomic E-state index is 13.7. The fourth-order valence-electron chi connectivity index (χ4n) is 2.69. The Morgan fingerprint density at radius 2 is 2.16 bits per heavy atom. The lowest BCUT2D eigenvalue weighted by molar-refractivity contribution is 0.104. The van der Waals surface area contributed by atoms with E-state index in [0.717, 1.165) is 11.3 Å². The van der Waals surface area contributed by atoms with Crippen molar-refractivity contribution in [2.75, 3.05) is 12.4 Å². The standard InChI is InChI=1S/C18H13FN4OS/c1-20-14-9-11(4-5-13(14)19)15-6-7-21-18-12(10-22-23(15)18)17(24)16-3-2-8-25-16/h2-10,20H,1H3/i4+1,5+1,9+1,11+1,13+1,14+1. The third-order valence-electron chi connectivity index (χ3n) is 3.92. The van der Waals surface area contributed by atoms with Gasteiger partial charge in [0.05, 0.1) is 28.0 Å². The molecule has 1 aromatic carbocycles. The highest BCUT2D eigenvalue weighted by atomic mass is 32.1. The lowest BCUT2D eigenvalue weighted by Crippen LogP contribution is -2.01. The van der Waals surface area contributed by atoms with Crippen LogP contribution in [0.3, 0.4) is 0 Å². The number of anilines is 1. The minimum Gasteiger partial charge on any atom is -0.386 e. The summed E-state index contributed by atoms with van der Waals surface area (Å²) in [5, 5.41) is 9.01. The number of benzene rings is 1. The lowest BCUT2D eigenvalue weighted by Gasteiger charge is -2.08. The first kappa shape index (κ1) is 15.5. The molecule has 0 aliphatic rings. The van der Waals surface area contributed by atoms with Gasteiger partial charge in [0.2, 0.25) is 5.78 Å². The highest BCUT2D eigenvalue weighted by molar-refractivity contribution is 7.12. The first-order valence-electron chi connectivity index (χ1n) is 7.57. The van der Waals surface area contributed by atoms with Crippen LogP contribution in [0.5, 0.6) is 0 Å². The summed E-state index contributed by atoms with van der Waals surface area (Å²) in [4.78, 5) is 17.6. The molecule has 25 heavy (non-hydrogen) atoms. The van der Waals surface area contributed by atoms with Crippen molar-refractivity contribution < 1.29 is 9.18 Å². The molecule has 0 bridgehead atoms. The third kappa shape index (κ3) is 2.58. The number of carbonyl (C=O) groups excluding carboxylic acids is 1. The van der Waals surface area contributed by atoms with Crippen molar-refractivity contribution in [2.45, 2.75) is 0 Å². The molecule has 0 spiro atoms. The molecule has 0 amide bonds. The zero-order chi connectivity index (χ0) is 17.4. The maximum Gasteiger partial charge on any atom is 0.208 e. The van der Waals surface area contributed by atoms with E-state index < -0.39 is 0 Å². The van der Waals surface area contributed by atoms with Crippen LogP contribution >= 0.6 is 11.3 Å². The Labute approximate surface area is 146 Å². The van der Waals surface area contributed by atoms with Gasteiger partial charge in [0, 0.05) is 18.8 Å². The van der Waals surface area contributed by atoms with Crippen molar-refractivity contribution in [3.05, 3.63) is 70.4 Å². The second-order valence-electron chi connectivity index (χ2n) is 5.37. The molecule has 0 fully saturated rings. The zero-order valence-corrected chi connectivity index (χ0v) is 14.0. The summed E-state index contributed by atoms with van der Waals surface area (Å²) in [6.45, 7) is 0. The molecule has 4 aromatic rings. The molecule has 7 heteroatoms. The van der Waals surface area contributed by atoms with Crippen LogP contribution < -0.4 is 5.32 Å². The summed E-state index contributed by atoms with van der Waals surface area (Å²) >= 11 is 1.38. The van der Waals surface area contributed by atoms with Gasteiger partial charge in [-0.1, -0.05) is 6.07 Å². The molecule has 0 radical (unpaired) electrons. The molecule has 0 aliphatic heterocycles. The third-order valence-corrected chi connectivity index (χ3v) is 4.79. The fraction of sp³-hybridized carbons (Fsp3) is 0.0556. The first-order valence-corrected chi connectivity index (χ1v) is 8.45. The van der Waals surface area contributed by atoms with Crippen LogP contribution in [0.25, 0.3) is 16.9 Å². The van der Waals surface area contributed by atoms with Crippen molar-refractivity contribution >= 4 is 28.5 Å². The van der Waals surface area contributed by atoms with Crippen LogP contribution in [0, 0.1) is 5.82 Å². The summed E-state index contributed by atoms with van der Waals surface area (Å²) in [6, 6.07) is 10.2. The Balaban J connectivity index is 1.86. The van der Waals surface area contributed by atoms with E-state index in [1.165, 1.54) is 23.6 Å². The minimum atomic E-state index is -0.328. The molecule has 0 unspecified atom stereocenters. The first-order chi connectivity index (χ1) is 12.2. The minimum absolute atomic E-state index is 0.107. The summed E-state index contributed by atoms with van der Waals surface area (Å²) in [6.07, 6.45) is 3.15. The van der Waals surface area contributed by atoms with Gasteiger partial charge in [0.1, 0.15) is 5.82 Å². The predicted molar refractivity (Wildman–Crippen MR) is 95.7 cm³/mol. The second kappa shape index (κ2) is 6.10. The predicted octanol–water partition coefficient (Wildman–Crippen LogP) is 3.87. The Hall–Kier alpha value is -3.06. The summed E-state index contributed by atoms with van der Waals surface area (Å²) in [5.41, 5.74) is 2.82. The normalized spacial score (nSPS) is 11.0. The number of aromatic nitrogens is 3. The molecule has 0 atom stereocenters. The number of hydrogen-bond acceptors (Lipinski definition) is 5. The van der Waals surface area contributed by atoms with E-state index in [2.05, 4.69) is 15.4 Å². The molecule has 0 saturated heterocycles. The molecule has 1 N–H and O–H groups in total. The van der Waals surface area contributed by atoms with Gasteiger partial charge in [-0.25, -0.2) is 13.9 Å². The van der Waals surface area contributed by atoms with E-state index in [4.69, 9.17) is 0 Å². The molecule has 124 valence electrons. The number of nitrogens with zero attached hydrogens (tertiary/aromatic N) is 3. The Kier molecular flexibility index (Phi) is 3.77. The quantitative estimate of drug-likeness (QED) is 0.563. The van der Waals surface area contributed by atoms with E-state index in [1.807, 2.05) is 11.4 Å². The van der Waals surface area contributed by atoms with Gasteiger partial charge in [-0.15, -0.1) is 11.3 Å². The van der Waals surface area contributed by atoms with Gasteiger partial charge in [0.25, 0.3) is 0 Å². The van der Waals surface area contributed by atoms with E-state index in [-0.39, 0.29) is 11.6 Å². The Morgan fingerprint density at radius 1 is 1.28 bits per heavy atom. The largest absolute Gasteiger partial charge is 0.386 e. The number of rotatable bonds is 4. The SMILES string of the molecule is CN[13c]1[13cH][13c](-c2ccnc3c(C(=O)c4cccs4)cnn23)[13cH][13cH][13c]1F. The summed E-state index contributed by atoms with van der Waals surface area (Å²) in [7, 11) is 1.66. The summed E-state index contributed by atoms with van der Waals surface area (Å²) in [5.74, 6) is -0.435. The van der Waals surface area contributed by atoms with Crippen LogP contribution in [0.15, 0.2) is 54.2 Å². The topological polar surface area (TPSA) is 59.3 Å². The second-order valence-corrected chi connectivity index (χ2v) is 6.32. The van der Waals surface area contributed by atoms with Crippen LogP contribution in [0.2, 0.25) is 0 Å². The van der Waals surface area contributed by atoms with Gasteiger partial charge in [-0.05, 0) is 35.7 Å². The van der Waals surface area contributed by atoms with Gasteiger partial charge >= 0.3 is 0 Å². The Morgan fingerprint density at radius 3 is 2.92 bits per heavy atom. The number of fused-ring (bicyclic) bond motifs is 1. The smallest absolute Gasteiger partial charge is 0.208 e. The van der Waals surface area contributed by atoms with Crippen LogP contribution in [-0.4, -0.2) is 27.4 Å². The van der Waals surface area contributed by atoms with Crippen molar-refractivity contribution in [2.24, 2.45) is 0 Å². The maximum atomic E-state index is 13.7. The van der Waals surface area contributed by atoms with Gasteiger partial charge in [0.15, 0.2) is 5.65 Å². The molecule has 0 saturated carbocycles. The van der Waals surface area contributed by atoms with Gasteiger partial charge in [-0.2, -0.15) is 5.10 Å². The lowest BCUT2D eigenvalue weighted by atomic mass is 10.2. The van der Waals surface area contributed by atoms with Crippen molar-refractivity contribution in [3.63, 3.8) is 0 Å². The molecular formula is C18H13FN4OS.